The molecule has 0 bridgehead atoms. The number of hydrogen-bond donors (Lipinski definition) is 2. The van der Waals surface area contributed by atoms with E-state index in [1.54, 1.807) is 18.2 Å². The number of esters is 1. The number of carbonyl (C=O) groups excluding carboxylic acids is 3. The minimum Gasteiger partial charge on any atom is -0.465 e. The molecule has 0 saturated heterocycles. The van der Waals surface area contributed by atoms with Crippen LogP contribution >= 0.6 is 0 Å². The highest BCUT2D eigenvalue weighted by molar-refractivity contribution is 6.17. The van der Waals surface area contributed by atoms with Gasteiger partial charge in [0.2, 0.25) is 11.8 Å². The van der Waals surface area contributed by atoms with Gasteiger partial charge in [0.15, 0.2) is 0 Å². The molecule has 0 aromatic heterocycles. The molecule has 2 N–H and O–H groups in total. The number of rotatable bonds is 6. The van der Waals surface area contributed by atoms with E-state index in [0.29, 0.717) is 24.1 Å². The summed E-state index contributed by atoms with van der Waals surface area (Å²) in [4.78, 5) is 37.6. The van der Waals surface area contributed by atoms with Gasteiger partial charge in [0, 0.05) is 11.4 Å². The number of anilines is 2. The highest BCUT2D eigenvalue weighted by atomic mass is 16.5. The Kier molecular flexibility index (Phi) is 5.73. The van der Waals surface area contributed by atoms with Gasteiger partial charge in [-0.1, -0.05) is 38.1 Å². The van der Waals surface area contributed by atoms with E-state index in [4.69, 9.17) is 4.74 Å². The number of methoxy groups -OCH3 is 1. The molecule has 1 aliphatic carbocycles. The van der Waals surface area contributed by atoms with Crippen molar-refractivity contribution in [3.8, 4) is 0 Å². The Labute approximate surface area is 170 Å². The van der Waals surface area contributed by atoms with E-state index in [0.717, 1.165) is 16.8 Å². The van der Waals surface area contributed by atoms with Crippen molar-refractivity contribution in [2.24, 2.45) is 5.41 Å². The Morgan fingerprint density at radius 3 is 2.28 bits per heavy atom. The van der Waals surface area contributed by atoms with Gasteiger partial charge in [0.25, 0.3) is 0 Å². The fourth-order valence-electron chi connectivity index (χ4n) is 3.35. The molecule has 0 heterocycles. The van der Waals surface area contributed by atoms with Gasteiger partial charge in [0.05, 0.1) is 12.7 Å². The van der Waals surface area contributed by atoms with Crippen LogP contribution in [0.25, 0.3) is 0 Å². The zero-order valence-corrected chi connectivity index (χ0v) is 17.2. The zero-order chi connectivity index (χ0) is 21.2. The molecular formula is C23H26N2O4. The number of para-hydroxylation sites is 1. The van der Waals surface area contributed by atoms with Crippen LogP contribution in [0.3, 0.4) is 0 Å². The molecule has 0 spiro atoms. The molecule has 0 radical (unpaired) electrons. The summed E-state index contributed by atoms with van der Waals surface area (Å²) in [6, 6.07) is 12.4. The van der Waals surface area contributed by atoms with Crippen molar-refractivity contribution < 1.29 is 19.1 Å². The summed E-state index contributed by atoms with van der Waals surface area (Å²) in [5.74, 6) is -0.900. The number of benzene rings is 2. The van der Waals surface area contributed by atoms with Crippen LogP contribution in [0.15, 0.2) is 42.5 Å². The van der Waals surface area contributed by atoms with Gasteiger partial charge in [0.1, 0.15) is 5.41 Å². The molecule has 0 unspecified atom stereocenters. The van der Waals surface area contributed by atoms with E-state index in [2.05, 4.69) is 24.5 Å². The summed E-state index contributed by atoms with van der Waals surface area (Å²) in [6.07, 6.45) is 0.981. The van der Waals surface area contributed by atoms with Gasteiger partial charge in [-0.2, -0.15) is 0 Å². The number of nitrogens with one attached hydrogen (secondary N) is 2. The lowest BCUT2D eigenvalue weighted by molar-refractivity contribution is -0.131. The fourth-order valence-corrected chi connectivity index (χ4v) is 3.35. The smallest absolute Gasteiger partial charge is 0.337 e. The van der Waals surface area contributed by atoms with Crippen LogP contribution in [-0.4, -0.2) is 24.9 Å². The summed E-state index contributed by atoms with van der Waals surface area (Å²) in [7, 11) is 1.30. The Balaban J connectivity index is 1.77. The molecule has 2 aromatic rings. The summed E-state index contributed by atoms with van der Waals surface area (Å²) >= 11 is 0. The molecule has 3 rings (SSSR count). The van der Waals surface area contributed by atoms with Crippen molar-refractivity contribution in [3.63, 3.8) is 0 Å². The van der Waals surface area contributed by atoms with Gasteiger partial charge < -0.3 is 15.4 Å². The Hall–Kier alpha value is -3.15. The standard InChI is InChI=1S/C23H26N2O4/c1-14(2)18-10-5-7-15(3)19(18)25-22(28)23(11-12-23)21(27)24-17-9-6-8-16(13-17)20(26)29-4/h5-10,13-14H,11-12H2,1-4H3,(H,24,27)(H,25,28). The highest BCUT2D eigenvalue weighted by Gasteiger charge is 2.56. The van der Waals surface area contributed by atoms with Gasteiger partial charge >= 0.3 is 5.97 Å². The molecule has 6 heteroatoms. The lowest BCUT2D eigenvalue weighted by Crippen LogP contribution is -2.36. The van der Waals surface area contributed by atoms with Gasteiger partial charge in [-0.3, -0.25) is 9.59 Å². The van der Waals surface area contributed by atoms with Gasteiger partial charge in [-0.15, -0.1) is 0 Å². The van der Waals surface area contributed by atoms with E-state index >= 15 is 0 Å². The largest absolute Gasteiger partial charge is 0.465 e. The number of aryl methyl sites for hydroxylation is 1. The second-order valence-corrected chi connectivity index (χ2v) is 7.76. The van der Waals surface area contributed by atoms with E-state index in [-0.39, 0.29) is 17.7 Å². The van der Waals surface area contributed by atoms with Crippen molar-refractivity contribution in [1.29, 1.82) is 0 Å². The monoisotopic (exact) mass is 394 g/mol. The second kappa shape index (κ2) is 8.07. The van der Waals surface area contributed by atoms with Crippen LogP contribution in [0.5, 0.6) is 0 Å². The minimum atomic E-state index is -1.09. The van der Waals surface area contributed by atoms with Crippen molar-refractivity contribution in [3.05, 3.63) is 59.2 Å². The molecule has 6 nitrogen and oxygen atoms in total. The molecule has 0 atom stereocenters. The van der Waals surface area contributed by atoms with Crippen LogP contribution in [0.4, 0.5) is 11.4 Å². The number of hydrogen-bond acceptors (Lipinski definition) is 4. The quantitative estimate of drug-likeness (QED) is 0.566. The Morgan fingerprint density at radius 1 is 1.00 bits per heavy atom. The first-order valence-electron chi connectivity index (χ1n) is 9.69. The molecule has 2 aromatic carbocycles. The lowest BCUT2D eigenvalue weighted by atomic mass is 9.97. The van der Waals surface area contributed by atoms with Crippen molar-refractivity contribution >= 4 is 29.2 Å². The molecule has 1 saturated carbocycles. The SMILES string of the molecule is COC(=O)c1cccc(NC(=O)C2(C(=O)Nc3c(C)cccc3C(C)C)CC2)c1. The van der Waals surface area contributed by atoms with E-state index in [1.807, 2.05) is 25.1 Å². The highest BCUT2D eigenvalue weighted by Crippen LogP contribution is 2.48. The Bertz CT molecular complexity index is 961. The molecule has 2 amide bonds. The third kappa shape index (κ3) is 4.16. The van der Waals surface area contributed by atoms with Crippen LogP contribution in [-0.2, 0) is 14.3 Å². The molecule has 152 valence electrons. The second-order valence-electron chi connectivity index (χ2n) is 7.76. The molecule has 1 aliphatic rings. The van der Waals surface area contributed by atoms with Crippen LogP contribution in [0.1, 0.15) is 54.1 Å². The summed E-state index contributed by atoms with van der Waals surface area (Å²) in [5, 5.41) is 5.77. The first kappa shape index (κ1) is 20.6. The average Bonchev–Trinajstić information content (AvgIpc) is 3.51. The number of amides is 2. The molecule has 0 aliphatic heterocycles. The fraction of sp³-hybridized carbons (Fsp3) is 0.348. The molecular weight excluding hydrogens is 368 g/mol. The van der Waals surface area contributed by atoms with E-state index in [1.165, 1.54) is 13.2 Å². The number of ether oxygens (including phenoxy) is 1. The third-order valence-electron chi connectivity index (χ3n) is 5.33. The summed E-state index contributed by atoms with van der Waals surface area (Å²) in [6.45, 7) is 6.08. The maximum Gasteiger partial charge on any atom is 0.337 e. The van der Waals surface area contributed by atoms with Crippen LogP contribution in [0, 0.1) is 12.3 Å². The van der Waals surface area contributed by atoms with Gasteiger partial charge in [-0.05, 0) is 55.0 Å². The van der Waals surface area contributed by atoms with Crippen molar-refractivity contribution in [1.82, 2.24) is 0 Å². The average molecular weight is 394 g/mol. The Morgan fingerprint density at radius 2 is 1.66 bits per heavy atom. The van der Waals surface area contributed by atoms with Crippen molar-refractivity contribution in [2.45, 2.75) is 39.5 Å². The van der Waals surface area contributed by atoms with Crippen LogP contribution in [0.2, 0.25) is 0 Å². The molecule has 1 fully saturated rings. The first-order valence-corrected chi connectivity index (χ1v) is 9.69. The maximum atomic E-state index is 13.0. The topological polar surface area (TPSA) is 84.5 Å². The van der Waals surface area contributed by atoms with Gasteiger partial charge in [-0.25, -0.2) is 4.79 Å². The predicted octanol–water partition coefficient (Wildman–Crippen LogP) is 4.26. The van der Waals surface area contributed by atoms with E-state index in [9.17, 15) is 14.4 Å². The van der Waals surface area contributed by atoms with Crippen LogP contribution < -0.4 is 10.6 Å². The zero-order valence-electron chi connectivity index (χ0n) is 17.2. The lowest BCUT2D eigenvalue weighted by Gasteiger charge is -2.20. The third-order valence-corrected chi connectivity index (χ3v) is 5.33. The van der Waals surface area contributed by atoms with E-state index < -0.39 is 11.4 Å². The summed E-state index contributed by atoms with van der Waals surface area (Å²) in [5.41, 5.74) is 2.49. The van der Waals surface area contributed by atoms with Crippen molar-refractivity contribution in [2.75, 3.05) is 17.7 Å². The predicted molar refractivity (Wildman–Crippen MR) is 112 cm³/mol. The maximum absolute atomic E-state index is 13.0. The minimum absolute atomic E-state index is 0.246. The summed E-state index contributed by atoms with van der Waals surface area (Å²) < 4.78 is 4.71. The number of carbonyl (C=O) groups is 3. The first-order chi connectivity index (χ1) is 13.8. The molecule has 29 heavy (non-hydrogen) atoms. The normalized spacial score (nSPS) is 14.2.